The van der Waals surface area contributed by atoms with Crippen molar-refractivity contribution in [2.24, 2.45) is 0 Å². The lowest BCUT2D eigenvalue weighted by Gasteiger charge is -2.41. The number of likely N-dealkylation sites (tertiary alicyclic amines) is 1. The topological polar surface area (TPSA) is 51.3 Å². The minimum absolute atomic E-state index is 0.0831. The highest BCUT2D eigenvalue weighted by atomic mass is 16.3. The standard InChI is InChI=1S/C17H25N3O/c1-20-10-6-17(7-11-20,8-12-21)19-13-14-3-2-4-16-15(14)5-9-18-16/h2-5,9,18-19,21H,6-8,10-13H2,1H3. The summed E-state index contributed by atoms with van der Waals surface area (Å²) in [7, 11) is 2.17. The molecular formula is C17H25N3O. The van der Waals surface area contributed by atoms with Crippen molar-refractivity contribution in [1.29, 1.82) is 0 Å². The van der Waals surface area contributed by atoms with E-state index in [2.05, 4.69) is 46.5 Å². The summed E-state index contributed by atoms with van der Waals surface area (Å²) < 4.78 is 0. The zero-order valence-corrected chi connectivity index (χ0v) is 12.7. The van der Waals surface area contributed by atoms with E-state index < -0.39 is 0 Å². The summed E-state index contributed by atoms with van der Waals surface area (Å²) in [5, 5.41) is 14.5. The molecule has 1 saturated heterocycles. The quantitative estimate of drug-likeness (QED) is 0.789. The second-order valence-corrected chi connectivity index (χ2v) is 6.27. The number of hydrogen-bond donors (Lipinski definition) is 3. The molecule has 1 aromatic heterocycles. The molecular weight excluding hydrogens is 262 g/mol. The number of nitrogens with one attached hydrogen (secondary N) is 2. The van der Waals surface area contributed by atoms with Crippen molar-refractivity contribution in [2.45, 2.75) is 31.3 Å². The Kier molecular flexibility index (Phi) is 4.29. The number of rotatable bonds is 5. The predicted octanol–water partition coefficient (Wildman–Crippen LogP) is 2.10. The fraction of sp³-hybridized carbons (Fsp3) is 0.529. The van der Waals surface area contributed by atoms with E-state index in [4.69, 9.17) is 0 Å². The molecule has 0 spiro atoms. The molecule has 1 fully saturated rings. The van der Waals surface area contributed by atoms with Crippen LogP contribution in [0.15, 0.2) is 30.5 Å². The highest BCUT2D eigenvalue weighted by Crippen LogP contribution is 2.26. The number of piperidine rings is 1. The lowest BCUT2D eigenvalue weighted by molar-refractivity contribution is 0.121. The van der Waals surface area contributed by atoms with E-state index in [9.17, 15) is 5.11 Å². The van der Waals surface area contributed by atoms with Gasteiger partial charge in [0.1, 0.15) is 0 Å². The Morgan fingerprint density at radius 3 is 2.86 bits per heavy atom. The highest BCUT2D eigenvalue weighted by molar-refractivity contribution is 5.82. The fourth-order valence-corrected chi connectivity index (χ4v) is 3.36. The maximum atomic E-state index is 9.43. The lowest BCUT2D eigenvalue weighted by Crippen LogP contribution is -2.52. The molecule has 4 heteroatoms. The molecule has 0 amide bonds. The Balaban J connectivity index is 1.73. The summed E-state index contributed by atoms with van der Waals surface area (Å²) in [5.41, 5.74) is 2.60. The number of aromatic amines is 1. The lowest BCUT2D eigenvalue weighted by atomic mass is 9.84. The van der Waals surface area contributed by atoms with Crippen LogP contribution in [0.1, 0.15) is 24.8 Å². The molecule has 3 rings (SSSR count). The molecule has 1 aliphatic heterocycles. The third-order valence-electron chi connectivity index (χ3n) is 4.87. The number of fused-ring (bicyclic) bond motifs is 1. The van der Waals surface area contributed by atoms with Crippen molar-refractivity contribution in [3.05, 3.63) is 36.0 Å². The van der Waals surface area contributed by atoms with Gasteiger partial charge in [0.05, 0.1) is 0 Å². The maximum Gasteiger partial charge on any atom is 0.0457 e. The van der Waals surface area contributed by atoms with E-state index in [0.29, 0.717) is 0 Å². The molecule has 0 unspecified atom stereocenters. The van der Waals surface area contributed by atoms with E-state index in [0.717, 1.165) is 38.9 Å². The van der Waals surface area contributed by atoms with Crippen molar-refractivity contribution in [3.8, 4) is 0 Å². The molecule has 0 atom stereocenters. The van der Waals surface area contributed by atoms with Crippen LogP contribution in [-0.4, -0.2) is 47.3 Å². The van der Waals surface area contributed by atoms with Gasteiger partial charge in [0, 0.05) is 35.8 Å². The van der Waals surface area contributed by atoms with E-state index in [1.54, 1.807) is 0 Å². The van der Waals surface area contributed by atoms with Crippen LogP contribution in [0.25, 0.3) is 10.9 Å². The molecule has 1 aromatic carbocycles. The first-order chi connectivity index (χ1) is 10.2. The third-order valence-corrected chi connectivity index (χ3v) is 4.87. The van der Waals surface area contributed by atoms with Crippen molar-refractivity contribution in [3.63, 3.8) is 0 Å². The molecule has 0 saturated carbocycles. The molecule has 0 aliphatic carbocycles. The van der Waals surface area contributed by atoms with Crippen LogP contribution in [0.5, 0.6) is 0 Å². The van der Waals surface area contributed by atoms with Crippen molar-refractivity contribution in [2.75, 3.05) is 26.7 Å². The highest BCUT2D eigenvalue weighted by Gasteiger charge is 2.32. The first-order valence-electron chi connectivity index (χ1n) is 7.82. The molecule has 0 radical (unpaired) electrons. The Labute approximate surface area is 126 Å². The predicted molar refractivity (Wildman–Crippen MR) is 86.3 cm³/mol. The second-order valence-electron chi connectivity index (χ2n) is 6.27. The number of aliphatic hydroxyl groups is 1. The second kappa shape index (κ2) is 6.18. The number of aromatic nitrogens is 1. The van der Waals surface area contributed by atoms with Crippen LogP contribution in [0.3, 0.4) is 0 Å². The van der Waals surface area contributed by atoms with Gasteiger partial charge < -0.3 is 20.3 Å². The Morgan fingerprint density at radius 1 is 1.29 bits per heavy atom. The number of aliphatic hydroxyl groups excluding tert-OH is 1. The zero-order valence-electron chi connectivity index (χ0n) is 12.7. The average molecular weight is 287 g/mol. The van der Waals surface area contributed by atoms with Gasteiger partial charge in [0.25, 0.3) is 0 Å². The molecule has 0 bridgehead atoms. The van der Waals surface area contributed by atoms with Crippen molar-refractivity contribution in [1.82, 2.24) is 15.2 Å². The van der Waals surface area contributed by atoms with Gasteiger partial charge in [-0.1, -0.05) is 12.1 Å². The minimum atomic E-state index is 0.0831. The summed E-state index contributed by atoms with van der Waals surface area (Å²) in [4.78, 5) is 5.63. The minimum Gasteiger partial charge on any atom is -0.396 e. The van der Waals surface area contributed by atoms with Crippen LogP contribution in [0.2, 0.25) is 0 Å². The molecule has 2 heterocycles. The van der Waals surface area contributed by atoms with Crippen LogP contribution < -0.4 is 5.32 Å². The molecule has 1 aliphatic rings. The van der Waals surface area contributed by atoms with Gasteiger partial charge in [0.15, 0.2) is 0 Å². The van der Waals surface area contributed by atoms with E-state index in [1.807, 2.05) is 6.20 Å². The molecule has 4 nitrogen and oxygen atoms in total. The van der Waals surface area contributed by atoms with Gasteiger partial charge in [0.2, 0.25) is 0 Å². The fourth-order valence-electron chi connectivity index (χ4n) is 3.36. The van der Waals surface area contributed by atoms with Crippen LogP contribution in [0.4, 0.5) is 0 Å². The zero-order chi connectivity index (χ0) is 14.7. The van der Waals surface area contributed by atoms with Gasteiger partial charge in [-0.25, -0.2) is 0 Å². The first-order valence-corrected chi connectivity index (χ1v) is 7.82. The van der Waals surface area contributed by atoms with Crippen molar-refractivity contribution < 1.29 is 5.11 Å². The maximum absolute atomic E-state index is 9.43. The van der Waals surface area contributed by atoms with Crippen LogP contribution >= 0.6 is 0 Å². The molecule has 2 aromatic rings. The van der Waals surface area contributed by atoms with E-state index in [1.165, 1.54) is 16.5 Å². The third kappa shape index (κ3) is 3.12. The summed E-state index contributed by atoms with van der Waals surface area (Å²) in [6.45, 7) is 3.31. The smallest absolute Gasteiger partial charge is 0.0457 e. The average Bonchev–Trinajstić information content (AvgIpc) is 2.97. The van der Waals surface area contributed by atoms with E-state index >= 15 is 0 Å². The van der Waals surface area contributed by atoms with Crippen LogP contribution in [-0.2, 0) is 6.54 Å². The van der Waals surface area contributed by atoms with Crippen LogP contribution in [0, 0.1) is 0 Å². The molecule has 114 valence electrons. The monoisotopic (exact) mass is 287 g/mol. The van der Waals surface area contributed by atoms with Gasteiger partial charge in [-0.05, 0) is 57.1 Å². The summed E-state index contributed by atoms with van der Waals surface area (Å²) in [5.74, 6) is 0. The Morgan fingerprint density at radius 2 is 2.10 bits per heavy atom. The SMILES string of the molecule is CN1CCC(CCO)(NCc2cccc3[nH]ccc23)CC1. The normalized spacial score (nSPS) is 19.1. The summed E-state index contributed by atoms with van der Waals surface area (Å²) in [6, 6.07) is 8.53. The number of H-pyrrole nitrogens is 1. The molecule has 21 heavy (non-hydrogen) atoms. The number of nitrogens with zero attached hydrogens (tertiary/aromatic N) is 1. The van der Waals surface area contributed by atoms with Gasteiger partial charge in [-0.2, -0.15) is 0 Å². The molecule has 3 N–H and O–H groups in total. The number of benzene rings is 1. The van der Waals surface area contributed by atoms with E-state index in [-0.39, 0.29) is 12.1 Å². The number of hydrogen-bond acceptors (Lipinski definition) is 3. The summed E-state index contributed by atoms with van der Waals surface area (Å²) in [6.07, 6.45) is 5.04. The van der Waals surface area contributed by atoms with Gasteiger partial charge in [-0.15, -0.1) is 0 Å². The van der Waals surface area contributed by atoms with Crippen molar-refractivity contribution >= 4 is 10.9 Å². The Hall–Kier alpha value is -1.36. The summed E-state index contributed by atoms with van der Waals surface area (Å²) >= 11 is 0. The van der Waals surface area contributed by atoms with Gasteiger partial charge in [-0.3, -0.25) is 0 Å². The first kappa shape index (κ1) is 14.6. The Bertz CT molecular complexity index is 584. The van der Waals surface area contributed by atoms with Gasteiger partial charge >= 0.3 is 0 Å². The largest absolute Gasteiger partial charge is 0.396 e.